The zero-order valence-corrected chi connectivity index (χ0v) is 9.19. The summed E-state index contributed by atoms with van der Waals surface area (Å²) in [5, 5.41) is 11.7. The summed E-state index contributed by atoms with van der Waals surface area (Å²) in [6, 6.07) is -0.694. The lowest BCUT2D eigenvalue weighted by molar-refractivity contribution is -0.142. The van der Waals surface area contributed by atoms with Crippen LogP contribution in [0.4, 0.5) is 0 Å². The summed E-state index contributed by atoms with van der Waals surface area (Å²) in [6.45, 7) is 0. The highest BCUT2D eigenvalue weighted by Crippen LogP contribution is 2.33. The van der Waals surface area contributed by atoms with Crippen molar-refractivity contribution in [2.45, 2.75) is 38.1 Å². The minimum absolute atomic E-state index is 0.0546. The van der Waals surface area contributed by atoms with E-state index in [2.05, 4.69) is 5.32 Å². The van der Waals surface area contributed by atoms with Gasteiger partial charge in [0.2, 0.25) is 5.91 Å². The van der Waals surface area contributed by atoms with Gasteiger partial charge in [-0.2, -0.15) is 0 Å². The maximum Gasteiger partial charge on any atom is 0.326 e. The standard InChI is InChI=1S/C12H17NO3/c14-11(9-3-1-2-4-9)13-10(12(15)16)7-8-5-6-8/h1-2,8-10H,3-7H2,(H,13,14)(H,15,16). The summed E-state index contributed by atoms with van der Waals surface area (Å²) in [4.78, 5) is 22.7. The van der Waals surface area contributed by atoms with Gasteiger partial charge in [-0.05, 0) is 25.2 Å². The quantitative estimate of drug-likeness (QED) is 0.691. The molecule has 2 aliphatic rings. The van der Waals surface area contributed by atoms with Gasteiger partial charge in [0.1, 0.15) is 6.04 Å². The van der Waals surface area contributed by atoms with Crippen LogP contribution in [0.3, 0.4) is 0 Å². The SMILES string of the molecule is O=C(NC(CC1CC1)C(=O)O)C1CC=CC1. The van der Waals surface area contributed by atoms with E-state index in [1.807, 2.05) is 12.2 Å². The highest BCUT2D eigenvalue weighted by molar-refractivity contribution is 5.85. The zero-order valence-electron chi connectivity index (χ0n) is 9.19. The van der Waals surface area contributed by atoms with Crippen molar-refractivity contribution < 1.29 is 14.7 Å². The predicted molar refractivity (Wildman–Crippen MR) is 58.8 cm³/mol. The first kappa shape index (κ1) is 11.2. The van der Waals surface area contributed by atoms with Crippen LogP contribution in [0, 0.1) is 11.8 Å². The van der Waals surface area contributed by atoms with E-state index in [0.29, 0.717) is 12.3 Å². The fraction of sp³-hybridized carbons (Fsp3) is 0.667. The first-order valence-electron chi connectivity index (χ1n) is 5.85. The van der Waals surface area contributed by atoms with Crippen LogP contribution in [-0.2, 0) is 9.59 Å². The Morgan fingerprint density at radius 1 is 1.31 bits per heavy atom. The average Bonchev–Trinajstić information content (AvgIpc) is 2.89. The van der Waals surface area contributed by atoms with Crippen molar-refractivity contribution in [3.05, 3.63) is 12.2 Å². The van der Waals surface area contributed by atoms with Crippen LogP contribution >= 0.6 is 0 Å². The van der Waals surface area contributed by atoms with Crippen LogP contribution in [0.5, 0.6) is 0 Å². The Kier molecular flexibility index (Phi) is 3.27. The minimum atomic E-state index is -0.911. The van der Waals surface area contributed by atoms with Crippen LogP contribution in [0.25, 0.3) is 0 Å². The molecule has 4 nitrogen and oxygen atoms in total. The van der Waals surface area contributed by atoms with Crippen molar-refractivity contribution >= 4 is 11.9 Å². The summed E-state index contributed by atoms with van der Waals surface area (Å²) in [7, 11) is 0. The molecule has 0 heterocycles. The van der Waals surface area contributed by atoms with Crippen LogP contribution in [-0.4, -0.2) is 23.0 Å². The Morgan fingerprint density at radius 3 is 2.44 bits per heavy atom. The normalized spacial score (nSPS) is 22.0. The first-order chi connectivity index (χ1) is 7.66. The second kappa shape index (κ2) is 4.68. The number of carboxylic acid groups (broad SMARTS) is 1. The fourth-order valence-corrected chi connectivity index (χ4v) is 2.03. The molecular formula is C12H17NO3. The molecule has 0 radical (unpaired) electrons. The van der Waals surface area contributed by atoms with E-state index in [-0.39, 0.29) is 11.8 Å². The van der Waals surface area contributed by atoms with Gasteiger partial charge in [0.15, 0.2) is 0 Å². The van der Waals surface area contributed by atoms with E-state index < -0.39 is 12.0 Å². The molecule has 1 unspecified atom stereocenters. The fourth-order valence-electron chi connectivity index (χ4n) is 2.03. The molecule has 0 aliphatic heterocycles. The number of hydrogen-bond donors (Lipinski definition) is 2. The molecule has 0 saturated heterocycles. The van der Waals surface area contributed by atoms with E-state index in [1.54, 1.807) is 0 Å². The Morgan fingerprint density at radius 2 is 1.94 bits per heavy atom. The molecule has 2 aliphatic carbocycles. The van der Waals surface area contributed by atoms with Crippen LogP contribution in [0.2, 0.25) is 0 Å². The Bertz CT molecular complexity index is 312. The van der Waals surface area contributed by atoms with Crippen molar-refractivity contribution in [1.29, 1.82) is 0 Å². The second-order valence-corrected chi connectivity index (χ2v) is 4.72. The molecule has 1 amide bonds. The second-order valence-electron chi connectivity index (χ2n) is 4.72. The van der Waals surface area contributed by atoms with Gasteiger partial charge >= 0.3 is 5.97 Å². The van der Waals surface area contributed by atoms with E-state index in [4.69, 9.17) is 5.11 Å². The third-order valence-corrected chi connectivity index (χ3v) is 3.26. The Labute approximate surface area is 94.7 Å². The van der Waals surface area contributed by atoms with Crippen molar-refractivity contribution in [3.63, 3.8) is 0 Å². The lowest BCUT2D eigenvalue weighted by Crippen LogP contribution is -2.43. The highest BCUT2D eigenvalue weighted by Gasteiger charge is 2.31. The number of hydrogen-bond acceptors (Lipinski definition) is 2. The molecule has 0 bridgehead atoms. The van der Waals surface area contributed by atoms with Gasteiger partial charge < -0.3 is 10.4 Å². The summed E-state index contributed by atoms with van der Waals surface area (Å²) < 4.78 is 0. The third-order valence-electron chi connectivity index (χ3n) is 3.26. The number of amides is 1. The van der Waals surface area contributed by atoms with Gasteiger partial charge in [0.25, 0.3) is 0 Å². The van der Waals surface area contributed by atoms with Gasteiger partial charge in [-0.15, -0.1) is 0 Å². The number of nitrogens with one attached hydrogen (secondary N) is 1. The molecular weight excluding hydrogens is 206 g/mol. The van der Waals surface area contributed by atoms with Gasteiger partial charge in [-0.3, -0.25) is 4.79 Å². The molecule has 0 spiro atoms. The maximum atomic E-state index is 11.7. The lowest BCUT2D eigenvalue weighted by Gasteiger charge is -2.16. The third kappa shape index (κ3) is 2.84. The lowest BCUT2D eigenvalue weighted by atomic mass is 10.0. The monoisotopic (exact) mass is 223 g/mol. The zero-order chi connectivity index (χ0) is 11.5. The van der Waals surface area contributed by atoms with Crippen molar-refractivity contribution in [3.8, 4) is 0 Å². The van der Waals surface area contributed by atoms with Crippen molar-refractivity contribution in [2.75, 3.05) is 0 Å². The molecule has 4 heteroatoms. The predicted octanol–water partition coefficient (Wildman–Crippen LogP) is 1.32. The summed E-state index contributed by atoms with van der Waals surface area (Å²) >= 11 is 0. The molecule has 1 saturated carbocycles. The van der Waals surface area contributed by atoms with Gasteiger partial charge in [-0.25, -0.2) is 4.79 Å². The molecule has 0 aromatic rings. The average molecular weight is 223 g/mol. The number of carbonyl (C=O) groups excluding carboxylic acids is 1. The van der Waals surface area contributed by atoms with E-state index >= 15 is 0 Å². The van der Waals surface area contributed by atoms with Crippen molar-refractivity contribution in [1.82, 2.24) is 5.32 Å². The minimum Gasteiger partial charge on any atom is -0.480 e. The number of carbonyl (C=O) groups is 2. The van der Waals surface area contributed by atoms with E-state index in [0.717, 1.165) is 25.7 Å². The van der Waals surface area contributed by atoms with E-state index in [1.165, 1.54) is 0 Å². The largest absolute Gasteiger partial charge is 0.480 e. The number of rotatable bonds is 5. The van der Waals surface area contributed by atoms with E-state index in [9.17, 15) is 9.59 Å². The van der Waals surface area contributed by atoms with Crippen LogP contribution < -0.4 is 5.32 Å². The molecule has 2 rings (SSSR count). The van der Waals surface area contributed by atoms with Crippen molar-refractivity contribution in [2.24, 2.45) is 11.8 Å². The Hall–Kier alpha value is -1.32. The van der Waals surface area contributed by atoms with Crippen LogP contribution in [0.1, 0.15) is 32.1 Å². The molecule has 0 aromatic heterocycles. The number of allylic oxidation sites excluding steroid dienone is 2. The van der Waals surface area contributed by atoms with Gasteiger partial charge in [0.05, 0.1) is 0 Å². The molecule has 88 valence electrons. The highest BCUT2D eigenvalue weighted by atomic mass is 16.4. The Balaban J connectivity index is 1.83. The van der Waals surface area contributed by atoms with Crippen LogP contribution in [0.15, 0.2) is 12.2 Å². The summed E-state index contributed by atoms with van der Waals surface area (Å²) in [5.74, 6) is -0.576. The molecule has 1 fully saturated rings. The molecule has 0 aromatic carbocycles. The smallest absolute Gasteiger partial charge is 0.326 e. The van der Waals surface area contributed by atoms with Gasteiger partial charge in [0, 0.05) is 5.92 Å². The summed E-state index contributed by atoms with van der Waals surface area (Å²) in [5.41, 5.74) is 0. The molecule has 1 atom stereocenters. The topological polar surface area (TPSA) is 66.4 Å². The number of carboxylic acids is 1. The first-order valence-corrected chi connectivity index (χ1v) is 5.85. The number of aliphatic carboxylic acids is 1. The maximum absolute atomic E-state index is 11.7. The molecule has 2 N–H and O–H groups in total. The summed E-state index contributed by atoms with van der Waals surface area (Å²) in [6.07, 6.45) is 8.21. The molecule has 16 heavy (non-hydrogen) atoms. The van der Waals surface area contributed by atoms with Gasteiger partial charge in [-0.1, -0.05) is 25.0 Å².